The first-order chi connectivity index (χ1) is 10.7. The lowest BCUT2D eigenvalue weighted by atomic mass is 10.1. The van der Waals surface area contributed by atoms with Crippen molar-refractivity contribution in [1.29, 1.82) is 0 Å². The highest BCUT2D eigenvalue weighted by molar-refractivity contribution is 5.93. The van der Waals surface area contributed by atoms with Gasteiger partial charge < -0.3 is 14.2 Å². The second kappa shape index (κ2) is 7.40. The SMILES string of the molecule is CCOC(=O)CN=Cc1cc2cccc(OC)c2nc1OC. The number of fused-ring (bicyclic) bond motifs is 1. The van der Waals surface area contributed by atoms with Gasteiger partial charge in [0.15, 0.2) is 0 Å². The number of benzene rings is 1. The number of ether oxygens (including phenoxy) is 3. The van der Waals surface area contributed by atoms with Crippen LogP contribution in [0.4, 0.5) is 0 Å². The highest BCUT2D eigenvalue weighted by Gasteiger charge is 2.09. The molecule has 0 N–H and O–H groups in total. The molecular formula is C16H18N2O4. The molecule has 0 aliphatic heterocycles. The third-order valence-electron chi connectivity index (χ3n) is 2.97. The van der Waals surface area contributed by atoms with Crippen LogP contribution in [0.3, 0.4) is 0 Å². The molecule has 22 heavy (non-hydrogen) atoms. The Morgan fingerprint density at radius 1 is 1.32 bits per heavy atom. The molecule has 0 saturated heterocycles. The van der Waals surface area contributed by atoms with E-state index in [1.165, 1.54) is 7.11 Å². The lowest BCUT2D eigenvalue weighted by Gasteiger charge is -2.08. The van der Waals surface area contributed by atoms with Gasteiger partial charge in [0.2, 0.25) is 5.88 Å². The van der Waals surface area contributed by atoms with Crippen molar-refractivity contribution in [3.05, 3.63) is 29.8 Å². The van der Waals surface area contributed by atoms with E-state index in [9.17, 15) is 4.79 Å². The molecule has 6 heteroatoms. The van der Waals surface area contributed by atoms with Gasteiger partial charge in [-0.15, -0.1) is 0 Å². The van der Waals surface area contributed by atoms with Crippen molar-refractivity contribution in [2.45, 2.75) is 6.92 Å². The number of pyridine rings is 1. The molecule has 0 fully saturated rings. The van der Waals surface area contributed by atoms with Gasteiger partial charge in [-0.2, -0.15) is 0 Å². The molecular weight excluding hydrogens is 284 g/mol. The number of carbonyl (C=O) groups excluding carboxylic acids is 1. The molecule has 116 valence electrons. The average Bonchev–Trinajstić information content (AvgIpc) is 2.53. The van der Waals surface area contributed by atoms with Crippen LogP contribution in [-0.2, 0) is 9.53 Å². The molecule has 0 amide bonds. The molecule has 0 aliphatic rings. The first-order valence-corrected chi connectivity index (χ1v) is 6.86. The van der Waals surface area contributed by atoms with E-state index >= 15 is 0 Å². The van der Waals surface area contributed by atoms with E-state index in [-0.39, 0.29) is 12.5 Å². The van der Waals surface area contributed by atoms with Gasteiger partial charge in [-0.05, 0) is 19.1 Å². The molecule has 0 aliphatic carbocycles. The summed E-state index contributed by atoms with van der Waals surface area (Å²) < 4.78 is 15.4. The molecule has 0 radical (unpaired) electrons. The highest BCUT2D eigenvalue weighted by Crippen LogP contribution is 2.27. The number of hydrogen-bond acceptors (Lipinski definition) is 6. The molecule has 0 bridgehead atoms. The number of para-hydroxylation sites is 1. The quantitative estimate of drug-likeness (QED) is 0.604. The van der Waals surface area contributed by atoms with Crippen LogP contribution in [-0.4, -0.2) is 44.5 Å². The first-order valence-electron chi connectivity index (χ1n) is 6.86. The van der Waals surface area contributed by atoms with Crippen LogP contribution in [0, 0.1) is 0 Å². The van der Waals surface area contributed by atoms with Crippen LogP contribution < -0.4 is 9.47 Å². The van der Waals surface area contributed by atoms with E-state index in [2.05, 4.69) is 9.98 Å². The normalized spacial score (nSPS) is 10.9. The van der Waals surface area contributed by atoms with Gasteiger partial charge in [0.25, 0.3) is 0 Å². The van der Waals surface area contributed by atoms with Crippen LogP contribution in [0.1, 0.15) is 12.5 Å². The first kappa shape index (κ1) is 15.8. The topological polar surface area (TPSA) is 70.0 Å². The monoisotopic (exact) mass is 302 g/mol. The molecule has 6 nitrogen and oxygen atoms in total. The molecule has 1 aromatic carbocycles. The molecule has 0 spiro atoms. The Morgan fingerprint density at radius 2 is 2.14 bits per heavy atom. The van der Waals surface area contributed by atoms with Gasteiger partial charge in [0.05, 0.1) is 26.4 Å². The summed E-state index contributed by atoms with van der Waals surface area (Å²) in [6.45, 7) is 2.06. The summed E-state index contributed by atoms with van der Waals surface area (Å²) >= 11 is 0. The van der Waals surface area contributed by atoms with Crippen molar-refractivity contribution in [3.8, 4) is 11.6 Å². The van der Waals surface area contributed by atoms with Gasteiger partial charge in [-0.1, -0.05) is 12.1 Å². The van der Waals surface area contributed by atoms with Crippen LogP contribution in [0.15, 0.2) is 29.3 Å². The minimum absolute atomic E-state index is 0.0346. The molecule has 0 atom stereocenters. The fourth-order valence-electron chi connectivity index (χ4n) is 2.02. The number of nitrogens with zero attached hydrogens (tertiary/aromatic N) is 2. The van der Waals surface area contributed by atoms with Crippen molar-refractivity contribution in [2.75, 3.05) is 27.4 Å². The fraction of sp³-hybridized carbons (Fsp3) is 0.312. The number of aliphatic imine (C=N–C) groups is 1. The van der Waals surface area contributed by atoms with Gasteiger partial charge in [0, 0.05) is 11.6 Å². The van der Waals surface area contributed by atoms with Crippen molar-refractivity contribution in [2.24, 2.45) is 4.99 Å². The fourth-order valence-corrected chi connectivity index (χ4v) is 2.02. The molecule has 1 heterocycles. The van der Waals surface area contributed by atoms with Crippen LogP contribution in [0.5, 0.6) is 11.6 Å². The van der Waals surface area contributed by atoms with Gasteiger partial charge in [-0.25, -0.2) is 4.98 Å². The van der Waals surface area contributed by atoms with Crippen LogP contribution >= 0.6 is 0 Å². The smallest absolute Gasteiger partial charge is 0.327 e. The number of hydrogen-bond donors (Lipinski definition) is 0. The molecule has 0 saturated carbocycles. The Morgan fingerprint density at radius 3 is 2.82 bits per heavy atom. The third kappa shape index (κ3) is 3.52. The zero-order valence-electron chi connectivity index (χ0n) is 12.8. The number of esters is 1. The summed E-state index contributed by atoms with van der Waals surface area (Å²) in [5.41, 5.74) is 1.40. The van der Waals surface area contributed by atoms with E-state index in [1.807, 2.05) is 24.3 Å². The number of aromatic nitrogens is 1. The summed E-state index contributed by atoms with van der Waals surface area (Å²) in [5, 5.41) is 0.901. The van der Waals surface area contributed by atoms with Crippen molar-refractivity contribution in [1.82, 2.24) is 4.98 Å². The molecule has 2 rings (SSSR count). The highest BCUT2D eigenvalue weighted by atomic mass is 16.5. The zero-order valence-corrected chi connectivity index (χ0v) is 12.8. The van der Waals surface area contributed by atoms with Gasteiger partial charge in [0.1, 0.15) is 17.8 Å². The number of carbonyl (C=O) groups is 1. The predicted octanol–water partition coefficient (Wildman–Crippen LogP) is 2.23. The summed E-state index contributed by atoms with van der Waals surface area (Å²) in [5.74, 6) is 0.726. The van der Waals surface area contributed by atoms with Crippen molar-refractivity contribution < 1.29 is 19.0 Å². The molecule has 2 aromatic rings. The Bertz CT molecular complexity index is 698. The summed E-state index contributed by atoms with van der Waals surface area (Å²) in [4.78, 5) is 19.8. The zero-order chi connectivity index (χ0) is 15.9. The Hall–Kier alpha value is -2.63. The van der Waals surface area contributed by atoms with E-state index < -0.39 is 0 Å². The Balaban J connectivity index is 2.33. The second-order valence-electron chi connectivity index (χ2n) is 4.39. The number of methoxy groups -OCH3 is 2. The summed E-state index contributed by atoms with van der Waals surface area (Å²) in [6, 6.07) is 7.53. The van der Waals surface area contributed by atoms with E-state index in [1.54, 1.807) is 20.2 Å². The largest absolute Gasteiger partial charge is 0.494 e. The molecule has 1 aromatic heterocycles. The Kier molecular flexibility index (Phi) is 5.30. The van der Waals surface area contributed by atoms with Crippen molar-refractivity contribution >= 4 is 23.1 Å². The minimum Gasteiger partial charge on any atom is -0.494 e. The maximum Gasteiger partial charge on any atom is 0.327 e. The van der Waals surface area contributed by atoms with Crippen LogP contribution in [0.2, 0.25) is 0 Å². The van der Waals surface area contributed by atoms with Gasteiger partial charge in [-0.3, -0.25) is 9.79 Å². The predicted molar refractivity (Wildman–Crippen MR) is 83.9 cm³/mol. The lowest BCUT2D eigenvalue weighted by molar-refractivity contribution is -0.141. The Labute approximate surface area is 128 Å². The minimum atomic E-state index is -0.367. The summed E-state index contributed by atoms with van der Waals surface area (Å²) in [7, 11) is 3.13. The van der Waals surface area contributed by atoms with Crippen LogP contribution in [0.25, 0.3) is 10.9 Å². The van der Waals surface area contributed by atoms with E-state index in [4.69, 9.17) is 14.2 Å². The van der Waals surface area contributed by atoms with Gasteiger partial charge >= 0.3 is 5.97 Å². The second-order valence-corrected chi connectivity index (χ2v) is 4.39. The lowest BCUT2D eigenvalue weighted by Crippen LogP contribution is -2.07. The standard InChI is InChI=1S/C16H18N2O4/c1-4-22-14(19)10-17-9-12-8-11-6-5-7-13(20-2)15(11)18-16(12)21-3/h5-9H,4,10H2,1-3H3. The number of rotatable bonds is 6. The molecule has 0 unspecified atom stereocenters. The van der Waals surface area contributed by atoms with E-state index in [0.29, 0.717) is 29.3 Å². The third-order valence-corrected chi connectivity index (χ3v) is 2.97. The summed E-state index contributed by atoms with van der Waals surface area (Å²) in [6.07, 6.45) is 1.56. The average molecular weight is 302 g/mol. The van der Waals surface area contributed by atoms with Crippen molar-refractivity contribution in [3.63, 3.8) is 0 Å². The maximum atomic E-state index is 11.3. The van der Waals surface area contributed by atoms with E-state index in [0.717, 1.165) is 5.39 Å². The maximum absolute atomic E-state index is 11.3.